The van der Waals surface area contributed by atoms with Crippen molar-refractivity contribution in [3.63, 3.8) is 0 Å². The van der Waals surface area contributed by atoms with Crippen molar-refractivity contribution in [1.82, 2.24) is 0 Å². The highest BCUT2D eigenvalue weighted by atomic mass is 19.4. The molecule has 0 radical (unpaired) electrons. The summed E-state index contributed by atoms with van der Waals surface area (Å²) in [5.41, 5.74) is -1.90. The van der Waals surface area contributed by atoms with Gasteiger partial charge in [0.05, 0.1) is 11.1 Å². The van der Waals surface area contributed by atoms with Gasteiger partial charge in [0.1, 0.15) is 11.3 Å². The van der Waals surface area contributed by atoms with Crippen LogP contribution in [-0.2, 0) is 6.18 Å². The van der Waals surface area contributed by atoms with E-state index < -0.39 is 46.5 Å². The molecule has 2 amide bonds. The van der Waals surface area contributed by atoms with Crippen molar-refractivity contribution in [2.75, 3.05) is 10.6 Å². The third-order valence-electron chi connectivity index (χ3n) is 4.69. The number of nitrogens with one attached hydrogen (secondary N) is 2. The van der Waals surface area contributed by atoms with Crippen LogP contribution in [0.1, 0.15) is 26.5 Å². The van der Waals surface area contributed by atoms with Gasteiger partial charge in [-0.15, -0.1) is 0 Å². The normalized spacial score (nSPS) is 11.4. The van der Waals surface area contributed by atoms with Gasteiger partial charge in [-0.1, -0.05) is 24.3 Å². The van der Waals surface area contributed by atoms with Crippen molar-refractivity contribution in [3.05, 3.63) is 95.3 Å². The number of amides is 2. The summed E-state index contributed by atoms with van der Waals surface area (Å²) in [7, 11) is 0. The Kier molecular flexibility index (Phi) is 5.59. The van der Waals surface area contributed by atoms with Gasteiger partial charge in [0.15, 0.2) is 11.6 Å². The number of alkyl halides is 3. The number of rotatable bonds is 4. The van der Waals surface area contributed by atoms with E-state index in [0.29, 0.717) is 0 Å². The average molecular weight is 460 g/mol. The molecule has 0 saturated heterocycles. The lowest BCUT2D eigenvalue weighted by molar-refractivity contribution is -0.137. The molecule has 33 heavy (non-hydrogen) atoms. The van der Waals surface area contributed by atoms with Crippen LogP contribution >= 0.6 is 0 Å². The SMILES string of the molecule is O=C(Nc1c(C(=O)Nc2ccc(F)c(F)c2)oc2ccccc12)c1ccccc1C(F)(F)F. The second-order valence-corrected chi connectivity index (χ2v) is 6.88. The summed E-state index contributed by atoms with van der Waals surface area (Å²) < 4.78 is 72.1. The summed E-state index contributed by atoms with van der Waals surface area (Å²) in [4.78, 5) is 25.6. The monoisotopic (exact) mass is 460 g/mol. The van der Waals surface area contributed by atoms with Crippen LogP contribution in [0.15, 0.2) is 71.1 Å². The van der Waals surface area contributed by atoms with Crippen LogP contribution < -0.4 is 10.6 Å². The second kappa shape index (κ2) is 8.38. The molecule has 0 bridgehead atoms. The minimum Gasteiger partial charge on any atom is -0.449 e. The Morgan fingerprint density at radius 2 is 1.48 bits per heavy atom. The van der Waals surface area contributed by atoms with E-state index >= 15 is 0 Å². The molecule has 4 rings (SSSR count). The number of para-hydroxylation sites is 1. The highest BCUT2D eigenvalue weighted by Gasteiger charge is 2.35. The smallest absolute Gasteiger partial charge is 0.417 e. The first-order chi connectivity index (χ1) is 15.6. The summed E-state index contributed by atoms with van der Waals surface area (Å²) in [5.74, 6) is -4.80. The Balaban J connectivity index is 1.72. The zero-order chi connectivity index (χ0) is 23.8. The minimum absolute atomic E-state index is 0.0981. The first kappa shape index (κ1) is 22.0. The van der Waals surface area contributed by atoms with Crippen LogP contribution in [0.3, 0.4) is 0 Å². The van der Waals surface area contributed by atoms with Gasteiger partial charge in [-0.3, -0.25) is 9.59 Å². The molecule has 0 atom stereocenters. The van der Waals surface area contributed by atoms with E-state index in [1.165, 1.54) is 18.2 Å². The lowest BCUT2D eigenvalue weighted by atomic mass is 10.1. The summed E-state index contributed by atoms with van der Waals surface area (Å²) in [6.45, 7) is 0. The van der Waals surface area contributed by atoms with Crippen molar-refractivity contribution in [3.8, 4) is 0 Å². The topological polar surface area (TPSA) is 71.3 Å². The van der Waals surface area contributed by atoms with Crippen molar-refractivity contribution >= 4 is 34.2 Å². The zero-order valence-electron chi connectivity index (χ0n) is 16.5. The van der Waals surface area contributed by atoms with Crippen LogP contribution in [0.4, 0.5) is 33.3 Å². The van der Waals surface area contributed by atoms with Crippen LogP contribution in [0.5, 0.6) is 0 Å². The molecule has 168 valence electrons. The van der Waals surface area contributed by atoms with Gasteiger partial charge in [0.2, 0.25) is 5.76 Å². The lowest BCUT2D eigenvalue weighted by Crippen LogP contribution is -2.20. The van der Waals surface area contributed by atoms with Crippen LogP contribution in [0.2, 0.25) is 0 Å². The Labute approximate surface area is 182 Å². The van der Waals surface area contributed by atoms with E-state index in [1.807, 2.05) is 0 Å². The van der Waals surface area contributed by atoms with E-state index in [0.717, 1.165) is 36.4 Å². The highest BCUT2D eigenvalue weighted by molar-refractivity contribution is 6.17. The summed E-state index contributed by atoms with van der Waals surface area (Å²) in [6.07, 6.45) is -4.78. The molecule has 4 aromatic rings. The molecule has 1 aromatic heterocycles. The van der Waals surface area contributed by atoms with Gasteiger partial charge in [-0.05, 0) is 36.4 Å². The fourth-order valence-electron chi connectivity index (χ4n) is 3.20. The molecule has 10 heteroatoms. The molecule has 5 nitrogen and oxygen atoms in total. The number of carbonyl (C=O) groups is 2. The Morgan fingerprint density at radius 1 is 0.788 bits per heavy atom. The molecule has 0 aliphatic rings. The third kappa shape index (κ3) is 4.40. The molecule has 0 aliphatic heterocycles. The maximum Gasteiger partial charge on any atom is 0.417 e. The molecule has 0 saturated carbocycles. The number of hydrogen-bond acceptors (Lipinski definition) is 3. The van der Waals surface area contributed by atoms with Gasteiger partial charge in [-0.2, -0.15) is 13.2 Å². The molecule has 0 unspecified atom stereocenters. The molecule has 3 aromatic carbocycles. The van der Waals surface area contributed by atoms with Gasteiger partial charge in [0, 0.05) is 17.1 Å². The number of carbonyl (C=O) groups excluding carboxylic acids is 2. The molecule has 0 aliphatic carbocycles. The number of halogens is 5. The first-order valence-electron chi connectivity index (χ1n) is 9.40. The quantitative estimate of drug-likeness (QED) is 0.355. The number of hydrogen-bond donors (Lipinski definition) is 2. The molecule has 0 spiro atoms. The van der Waals surface area contributed by atoms with Crippen molar-refractivity contribution in [2.45, 2.75) is 6.18 Å². The number of fused-ring (bicyclic) bond motifs is 1. The standard InChI is InChI=1S/C23H13F5N2O3/c24-16-10-9-12(11-17(16)25)29-22(32)20-19(14-6-2-4-8-18(14)33-20)30-21(31)13-5-1-3-7-15(13)23(26,27)28/h1-11H,(H,29,32)(H,30,31). The fraction of sp³-hybridized carbons (Fsp3) is 0.0435. The third-order valence-corrected chi connectivity index (χ3v) is 4.69. The maximum absolute atomic E-state index is 13.5. The van der Waals surface area contributed by atoms with Gasteiger partial charge in [0.25, 0.3) is 11.8 Å². The minimum atomic E-state index is -4.78. The predicted molar refractivity (Wildman–Crippen MR) is 110 cm³/mol. The van der Waals surface area contributed by atoms with E-state index in [2.05, 4.69) is 10.6 Å². The first-order valence-corrected chi connectivity index (χ1v) is 9.40. The Hall–Kier alpha value is -4.21. The number of benzene rings is 3. The molecule has 0 fully saturated rings. The van der Waals surface area contributed by atoms with E-state index in [-0.39, 0.29) is 22.3 Å². The van der Waals surface area contributed by atoms with Crippen LogP contribution in [-0.4, -0.2) is 11.8 Å². The molecular weight excluding hydrogens is 447 g/mol. The van der Waals surface area contributed by atoms with E-state index in [4.69, 9.17) is 4.42 Å². The maximum atomic E-state index is 13.5. The molecule has 2 N–H and O–H groups in total. The Bertz CT molecular complexity index is 1380. The van der Waals surface area contributed by atoms with Crippen LogP contribution in [0.25, 0.3) is 11.0 Å². The summed E-state index contributed by atoms with van der Waals surface area (Å²) in [5, 5.41) is 4.88. The zero-order valence-corrected chi connectivity index (χ0v) is 16.5. The van der Waals surface area contributed by atoms with Gasteiger partial charge < -0.3 is 15.1 Å². The largest absolute Gasteiger partial charge is 0.449 e. The predicted octanol–water partition coefficient (Wildman–Crippen LogP) is 6.23. The second-order valence-electron chi connectivity index (χ2n) is 6.88. The van der Waals surface area contributed by atoms with Crippen molar-refractivity contribution in [2.24, 2.45) is 0 Å². The van der Waals surface area contributed by atoms with Crippen molar-refractivity contribution in [1.29, 1.82) is 0 Å². The van der Waals surface area contributed by atoms with Gasteiger partial charge >= 0.3 is 6.18 Å². The van der Waals surface area contributed by atoms with Crippen molar-refractivity contribution < 1.29 is 36.0 Å². The Morgan fingerprint density at radius 3 is 2.21 bits per heavy atom. The number of furan rings is 1. The van der Waals surface area contributed by atoms with Gasteiger partial charge in [-0.25, -0.2) is 8.78 Å². The van der Waals surface area contributed by atoms with Crippen LogP contribution in [0, 0.1) is 11.6 Å². The van der Waals surface area contributed by atoms with E-state index in [9.17, 15) is 31.5 Å². The summed E-state index contributed by atoms with van der Waals surface area (Å²) in [6, 6.07) is 13.0. The lowest BCUT2D eigenvalue weighted by Gasteiger charge is -2.13. The average Bonchev–Trinajstić information content (AvgIpc) is 3.14. The number of anilines is 2. The van der Waals surface area contributed by atoms with E-state index in [1.54, 1.807) is 12.1 Å². The highest BCUT2D eigenvalue weighted by Crippen LogP contribution is 2.35. The molecule has 1 heterocycles. The fourth-order valence-corrected chi connectivity index (χ4v) is 3.20. The molecular formula is C23H13F5N2O3. The summed E-state index contributed by atoms with van der Waals surface area (Å²) >= 11 is 0.